The van der Waals surface area contributed by atoms with Crippen LogP contribution in [0.15, 0.2) is 120 Å². The molecule has 0 amide bonds. The molecular weight excluding hydrogens is 797 g/mol. The number of rotatable bonds is 5. The number of imidazole rings is 1. The second-order valence-corrected chi connectivity index (χ2v) is 18.3. The molecule has 4 aromatic carbocycles. The van der Waals surface area contributed by atoms with Gasteiger partial charge in [-0.05, 0) is 55.3 Å². The summed E-state index contributed by atoms with van der Waals surface area (Å²) in [6, 6.07) is 39.9. The van der Waals surface area contributed by atoms with Crippen LogP contribution in [0.25, 0.3) is 66.9 Å². The molecule has 4 heterocycles. The van der Waals surface area contributed by atoms with Crippen LogP contribution in [0.1, 0.15) is 29.6 Å². The van der Waals surface area contributed by atoms with Crippen LogP contribution in [0, 0.1) is 19.0 Å². The Morgan fingerprint density at radius 2 is 1.59 bits per heavy atom. The van der Waals surface area contributed by atoms with Gasteiger partial charge in [-0.1, -0.05) is 84.7 Å². The molecule has 8 aromatic rings. The minimum atomic E-state index is -2.12. The van der Waals surface area contributed by atoms with Gasteiger partial charge in [-0.2, -0.15) is 0 Å². The molecule has 0 bridgehead atoms. The number of hydrogen-bond acceptors (Lipinski definition) is 4. The third-order valence-corrected chi connectivity index (χ3v) is 10.5. The fourth-order valence-electron chi connectivity index (χ4n) is 5.91. The van der Waals surface area contributed by atoms with E-state index in [1.807, 2.05) is 79.0 Å². The molecule has 8 rings (SSSR count). The summed E-state index contributed by atoms with van der Waals surface area (Å²) >= 11 is 0. The molecule has 0 aliphatic rings. The van der Waals surface area contributed by atoms with Crippen LogP contribution in [0.2, 0.25) is 19.6 Å². The summed E-state index contributed by atoms with van der Waals surface area (Å²) < 4.78 is 31.2. The number of aryl methyl sites for hydroxylation is 1. The van der Waals surface area contributed by atoms with E-state index in [1.54, 1.807) is 18.3 Å². The zero-order valence-corrected chi connectivity index (χ0v) is 31.5. The molecule has 0 spiro atoms. The Labute approximate surface area is 306 Å². The first kappa shape index (κ1) is 30.4. The summed E-state index contributed by atoms with van der Waals surface area (Å²) in [5.74, 6) is 0.811. The Kier molecular flexibility index (Phi) is 8.71. The van der Waals surface area contributed by atoms with Crippen molar-refractivity contribution in [2.24, 2.45) is 0 Å². The molecule has 0 saturated carbocycles. The normalized spacial score (nSPS) is 12.7. The topological polar surface area (TPSA) is 56.7 Å². The summed E-state index contributed by atoms with van der Waals surface area (Å²) in [5.41, 5.74) is 8.20. The van der Waals surface area contributed by atoms with E-state index in [4.69, 9.17) is 13.5 Å². The van der Waals surface area contributed by atoms with E-state index in [0.29, 0.717) is 16.9 Å². The molecule has 0 aliphatic heterocycles. The summed E-state index contributed by atoms with van der Waals surface area (Å²) in [7, 11) is -1.23. The average molecular weight is 838 g/mol. The summed E-state index contributed by atoms with van der Waals surface area (Å²) in [4.78, 5) is 14.0. The maximum absolute atomic E-state index is 7.59. The van der Waals surface area contributed by atoms with Gasteiger partial charge in [-0.25, -0.2) is 4.98 Å². The van der Waals surface area contributed by atoms with Gasteiger partial charge >= 0.3 is 0 Å². The van der Waals surface area contributed by atoms with Crippen LogP contribution in [-0.2, 0) is 20.1 Å². The van der Waals surface area contributed by atoms with Gasteiger partial charge < -0.3 is 14.0 Å². The molecule has 247 valence electrons. The van der Waals surface area contributed by atoms with Crippen LogP contribution in [-0.4, -0.2) is 27.6 Å². The largest absolute Gasteiger partial charge is 0.486 e. The van der Waals surface area contributed by atoms with Gasteiger partial charge in [0.15, 0.2) is 0 Å². The van der Waals surface area contributed by atoms with Crippen molar-refractivity contribution in [3.05, 3.63) is 133 Å². The van der Waals surface area contributed by atoms with E-state index in [1.165, 1.54) is 5.19 Å². The zero-order chi connectivity index (χ0) is 35.9. The number of aromatic nitrogens is 4. The number of furan rings is 1. The van der Waals surface area contributed by atoms with E-state index in [2.05, 4.69) is 78.4 Å². The van der Waals surface area contributed by atoms with Crippen molar-refractivity contribution in [3.63, 3.8) is 0 Å². The van der Waals surface area contributed by atoms with E-state index in [-0.39, 0.29) is 26.1 Å². The van der Waals surface area contributed by atoms with Gasteiger partial charge in [0.1, 0.15) is 0 Å². The Balaban J connectivity index is 0.000000230. The van der Waals surface area contributed by atoms with E-state index in [9.17, 15) is 0 Å². The maximum atomic E-state index is 7.59. The molecule has 5 nitrogen and oxygen atoms in total. The Morgan fingerprint density at radius 3 is 2.29 bits per heavy atom. The van der Waals surface area contributed by atoms with Gasteiger partial charge in [0.05, 0.1) is 30.5 Å². The van der Waals surface area contributed by atoms with E-state index in [0.717, 1.165) is 55.6 Å². The number of nitrogens with zero attached hydrogens (tertiary/aromatic N) is 4. The Bertz CT molecular complexity index is 2470. The second-order valence-electron chi connectivity index (χ2n) is 13.2. The number of pyridine rings is 2. The molecule has 49 heavy (non-hydrogen) atoms. The first-order valence-corrected chi connectivity index (χ1v) is 19.6. The van der Waals surface area contributed by atoms with Crippen LogP contribution in [0.3, 0.4) is 0 Å². The monoisotopic (exact) mass is 838 g/mol. The van der Waals surface area contributed by atoms with Gasteiger partial charge in [-0.3, -0.25) is 4.98 Å². The van der Waals surface area contributed by atoms with E-state index < -0.39 is 14.9 Å². The predicted octanol–water partition coefficient (Wildman–Crippen LogP) is 10.4. The third-order valence-electron chi connectivity index (χ3n) is 8.46. The van der Waals surface area contributed by atoms with Crippen molar-refractivity contribution in [2.75, 3.05) is 0 Å². The number of para-hydroxylation sites is 2. The molecule has 1 radical (unpaired) electrons. The van der Waals surface area contributed by atoms with Crippen LogP contribution in [0.5, 0.6) is 0 Å². The average Bonchev–Trinajstić information content (AvgIpc) is 3.70. The zero-order valence-electron chi connectivity index (χ0n) is 31.1. The summed E-state index contributed by atoms with van der Waals surface area (Å²) in [6.45, 7) is 9.15. The Morgan fingerprint density at radius 1 is 0.796 bits per heavy atom. The van der Waals surface area contributed by atoms with Crippen molar-refractivity contribution in [1.82, 2.24) is 19.5 Å². The molecule has 7 heteroatoms. The molecular formula is C42H38IrN4OSi-2. The number of hydrogen-bond donors (Lipinski definition) is 0. The van der Waals surface area contributed by atoms with E-state index >= 15 is 0 Å². The van der Waals surface area contributed by atoms with Crippen molar-refractivity contribution >= 4 is 46.4 Å². The minimum absolute atomic E-state index is 0. The molecule has 0 fully saturated rings. The first-order chi connectivity index (χ1) is 24.4. The van der Waals surface area contributed by atoms with Crippen molar-refractivity contribution in [2.45, 2.75) is 46.4 Å². The maximum Gasteiger partial charge on any atom is 0.216 e. The fraction of sp³-hybridized carbons (Fsp3) is 0.167. The molecule has 0 unspecified atom stereocenters. The van der Waals surface area contributed by atoms with Gasteiger partial charge in [0.2, 0.25) is 5.71 Å². The van der Waals surface area contributed by atoms with Gasteiger partial charge in [0, 0.05) is 53.6 Å². The van der Waals surface area contributed by atoms with Crippen LogP contribution in [0.4, 0.5) is 0 Å². The molecule has 0 saturated heterocycles. The SMILES string of the molecule is C[Si](C)(C)c1ccc(-c2[c-]cccc2)nc1.[2H]C([2H])([2H])c1ccc(-c2cnc3oc4c(-c5nc6ccccc6n5C(C)C)[c-]ccc4c3c2)cc1.[Ir]. The number of benzene rings is 4. The quantitative estimate of drug-likeness (QED) is 0.128. The predicted molar refractivity (Wildman–Crippen MR) is 201 cm³/mol. The third kappa shape index (κ3) is 6.93. The van der Waals surface area contributed by atoms with Crippen LogP contribution >= 0.6 is 0 Å². The minimum Gasteiger partial charge on any atom is -0.486 e. The smallest absolute Gasteiger partial charge is 0.216 e. The second kappa shape index (κ2) is 14.0. The van der Waals surface area contributed by atoms with Crippen molar-refractivity contribution in [3.8, 4) is 33.8 Å². The molecule has 0 atom stereocenters. The van der Waals surface area contributed by atoms with Gasteiger partial charge in [-0.15, -0.1) is 54.1 Å². The van der Waals surface area contributed by atoms with Gasteiger partial charge in [0.25, 0.3) is 0 Å². The summed E-state index contributed by atoms with van der Waals surface area (Å²) in [5, 5.41) is 3.22. The fourth-order valence-corrected chi connectivity index (χ4v) is 6.94. The molecule has 0 aliphatic carbocycles. The van der Waals surface area contributed by atoms with Crippen molar-refractivity contribution < 1.29 is 28.6 Å². The standard InChI is InChI=1S/C28H22N3O.C14H16NSi.Ir/c1-17(2)31-25-10-5-4-9-24(25)30-27(31)22-8-6-7-21-23-15-20(16-29-28(23)32-26(21)22)19-13-11-18(3)12-14-19;1-16(2,3)13-9-10-14(15-11-13)12-7-5-4-6-8-12;/h4-7,9-17H,1-3H3;4-7,9-11H,1-3H3;/q2*-1;/i3D3;;. The first-order valence-electron chi connectivity index (χ1n) is 17.6. The van der Waals surface area contributed by atoms with Crippen LogP contribution < -0.4 is 5.19 Å². The summed E-state index contributed by atoms with van der Waals surface area (Å²) in [6.07, 6.45) is 3.77. The van der Waals surface area contributed by atoms with Crippen molar-refractivity contribution in [1.29, 1.82) is 0 Å². The molecule has 0 N–H and O–H groups in total. The molecule has 4 aromatic heterocycles. The Hall–Kier alpha value is -4.68. The number of fused-ring (bicyclic) bond motifs is 4.